The zero-order chi connectivity index (χ0) is 20.9. The van der Waals surface area contributed by atoms with E-state index in [0.717, 1.165) is 12.0 Å². The van der Waals surface area contributed by atoms with Crippen molar-refractivity contribution in [3.8, 4) is 11.4 Å². The smallest absolute Gasteiger partial charge is 0.227 e. The standard InChI is InChI=1S/C20H22N4O4S/c1-2-14-3-7-16(8-4-14)20-23-19(28-24-20)12-11-18(25)22-17-9-5-15(6-10-17)13-29(21,26)27/h3-10H,2,11-13H2,1H3,(H,22,25)(H2,21,26,27). The van der Waals surface area contributed by atoms with Crippen LogP contribution in [-0.4, -0.2) is 24.5 Å². The molecule has 152 valence electrons. The number of sulfonamides is 1. The van der Waals surface area contributed by atoms with Crippen LogP contribution < -0.4 is 10.5 Å². The Labute approximate surface area is 169 Å². The molecule has 0 aliphatic heterocycles. The molecule has 3 N–H and O–H groups in total. The van der Waals surface area contributed by atoms with Gasteiger partial charge in [0.05, 0.1) is 5.75 Å². The number of primary sulfonamides is 1. The molecular weight excluding hydrogens is 392 g/mol. The predicted octanol–water partition coefficient (Wildman–Crippen LogP) is 2.66. The summed E-state index contributed by atoms with van der Waals surface area (Å²) in [5, 5.41) is 11.7. The molecule has 1 heterocycles. The van der Waals surface area contributed by atoms with Gasteiger partial charge in [0.1, 0.15) is 0 Å². The number of aryl methyl sites for hydroxylation is 2. The normalized spacial score (nSPS) is 11.4. The van der Waals surface area contributed by atoms with Gasteiger partial charge in [0.25, 0.3) is 0 Å². The van der Waals surface area contributed by atoms with Crippen LogP contribution in [0.4, 0.5) is 5.69 Å². The van der Waals surface area contributed by atoms with Crippen molar-refractivity contribution in [3.05, 3.63) is 65.5 Å². The maximum absolute atomic E-state index is 12.1. The van der Waals surface area contributed by atoms with Crippen LogP contribution in [0.5, 0.6) is 0 Å². The van der Waals surface area contributed by atoms with Crippen LogP contribution in [0.25, 0.3) is 11.4 Å². The quantitative estimate of drug-likeness (QED) is 0.583. The molecule has 0 fully saturated rings. The summed E-state index contributed by atoms with van der Waals surface area (Å²) in [6.45, 7) is 2.09. The zero-order valence-corrected chi connectivity index (χ0v) is 16.8. The lowest BCUT2D eigenvalue weighted by Crippen LogP contribution is -2.15. The Morgan fingerprint density at radius 3 is 2.34 bits per heavy atom. The van der Waals surface area contributed by atoms with Crippen molar-refractivity contribution in [1.29, 1.82) is 0 Å². The molecule has 2 aromatic carbocycles. The van der Waals surface area contributed by atoms with Crippen molar-refractivity contribution in [2.45, 2.75) is 31.9 Å². The van der Waals surface area contributed by atoms with E-state index in [4.69, 9.17) is 9.66 Å². The molecule has 9 heteroatoms. The van der Waals surface area contributed by atoms with Gasteiger partial charge in [-0.05, 0) is 29.7 Å². The largest absolute Gasteiger partial charge is 0.339 e. The number of carbonyl (C=O) groups is 1. The first-order valence-electron chi connectivity index (χ1n) is 9.13. The molecule has 0 radical (unpaired) electrons. The summed E-state index contributed by atoms with van der Waals surface area (Å²) in [6.07, 6.45) is 1.45. The molecule has 0 bridgehead atoms. The first-order valence-corrected chi connectivity index (χ1v) is 10.8. The van der Waals surface area contributed by atoms with E-state index in [0.29, 0.717) is 29.4 Å². The molecule has 0 aliphatic carbocycles. The minimum atomic E-state index is -3.58. The highest BCUT2D eigenvalue weighted by atomic mass is 32.2. The topological polar surface area (TPSA) is 128 Å². The van der Waals surface area contributed by atoms with E-state index in [-0.39, 0.29) is 18.1 Å². The summed E-state index contributed by atoms with van der Waals surface area (Å²) in [5.41, 5.74) is 3.21. The number of hydrogen-bond donors (Lipinski definition) is 2. The van der Waals surface area contributed by atoms with E-state index in [2.05, 4.69) is 22.4 Å². The SMILES string of the molecule is CCc1ccc(-c2noc(CCC(=O)Nc3ccc(CS(N)(=O)=O)cc3)n2)cc1. The van der Waals surface area contributed by atoms with Crippen LogP contribution in [0.15, 0.2) is 53.1 Å². The molecule has 0 unspecified atom stereocenters. The second-order valence-electron chi connectivity index (χ2n) is 6.61. The molecule has 0 atom stereocenters. The highest BCUT2D eigenvalue weighted by molar-refractivity contribution is 7.88. The van der Waals surface area contributed by atoms with Gasteiger partial charge in [-0.15, -0.1) is 0 Å². The third-order valence-electron chi connectivity index (χ3n) is 4.26. The number of amides is 1. The average Bonchev–Trinajstić information content (AvgIpc) is 3.16. The van der Waals surface area contributed by atoms with Crippen LogP contribution in [0.3, 0.4) is 0 Å². The molecule has 3 rings (SSSR count). The second kappa shape index (κ2) is 8.97. The van der Waals surface area contributed by atoms with Crippen LogP contribution >= 0.6 is 0 Å². The summed E-state index contributed by atoms with van der Waals surface area (Å²) < 4.78 is 27.4. The first-order chi connectivity index (χ1) is 13.8. The van der Waals surface area contributed by atoms with Gasteiger partial charge in [-0.25, -0.2) is 13.6 Å². The van der Waals surface area contributed by atoms with Crippen molar-refractivity contribution in [2.24, 2.45) is 5.14 Å². The van der Waals surface area contributed by atoms with Gasteiger partial charge in [-0.1, -0.05) is 48.5 Å². The Kier molecular flexibility index (Phi) is 6.40. The number of nitrogens with one attached hydrogen (secondary N) is 1. The third kappa shape index (κ3) is 6.23. The van der Waals surface area contributed by atoms with E-state index in [1.165, 1.54) is 5.56 Å². The zero-order valence-electron chi connectivity index (χ0n) is 16.0. The minimum Gasteiger partial charge on any atom is -0.339 e. The van der Waals surface area contributed by atoms with Gasteiger partial charge in [-0.2, -0.15) is 4.98 Å². The predicted molar refractivity (Wildman–Crippen MR) is 109 cm³/mol. The molecule has 1 amide bonds. The van der Waals surface area contributed by atoms with Crippen LogP contribution in [0, 0.1) is 0 Å². The Morgan fingerprint density at radius 1 is 1.07 bits per heavy atom. The van der Waals surface area contributed by atoms with Gasteiger partial charge >= 0.3 is 0 Å². The molecule has 0 saturated carbocycles. The fourth-order valence-electron chi connectivity index (χ4n) is 2.72. The number of rotatable bonds is 8. The molecule has 0 aliphatic rings. The van der Waals surface area contributed by atoms with Crippen molar-refractivity contribution < 1.29 is 17.7 Å². The summed E-state index contributed by atoms with van der Waals surface area (Å²) >= 11 is 0. The van der Waals surface area contributed by atoms with Gasteiger partial charge in [0.15, 0.2) is 0 Å². The highest BCUT2D eigenvalue weighted by Gasteiger charge is 2.11. The fourth-order valence-corrected chi connectivity index (χ4v) is 3.38. The maximum atomic E-state index is 12.1. The monoisotopic (exact) mass is 414 g/mol. The average molecular weight is 414 g/mol. The number of benzene rings is 2. The fraction of sp³-hybridized carbons (Fsp3) is 0.250. The van der Waals surface area contributed by atoms with Crippen molar-refractivity contribution in [3.63, 3.8) is 0 Å². The number of anilines is 1. The van der Waals surface area contributed by atoms with Gasteiger partial charge < -0.3 is 9.84 Å². The summed E-state index contributed by atoms with van der Waals surface area (Å²) in [4.78, 5) is 16.5. The van der Waals surface area contributed by atoms with Crippen molar-refractivity contribution >= 4 is 21.6 Å². The lowest BCUT2D eigenvalue weighted by molar-refractivity contribution is -0.116. The van der Waals surface area contributed by atoms with E-state index in [1.807, 2.05) is 24.3 Å². The third-order valence-corrected chi connectivity index (χ3v) is 5.00. The van der Waals surface area contributed by atoms with Crippen molar-refractivity contribution in [2.75, 3.05) is 5.32 Å². The van der Waals surface area contributed by atoms with E-state index < -0.39 is 10.0 Å². The van der Waals surface area contributed by atoms with Gasteiger partial charge in [0, 0.05) is 24.1 Å². The van der Waals surface area contributed by atoms with Gasteiger partial charge in [-0.3, -0.25) is 4.79 Å². The van der Waals surface area contributed by atoms with Gasteiger partial charge in [0.2, 0.25) is 27.6 Å². The first kappa shape index (κ1) is 20.7. The summed E-state index contributed by atoms with van der Waals surface area (Å²) in [5.74, 6) is 0.421. The number of nitrogens with two attached hydrogens (primary N) is 1. The molecule has 8 nitrogen and oxygen atoms in total. The second-order valence-corrected chi connectivity index (χ2v) is 8.23. The van der Waals surface area contributed by atoms with Crippen LogP contribution in [0.1, 0.15) is 30.4 Å². The lowest BCUT2D eigenvalue weighted by atomic mass is 10.1. The number of hydrogen-bond acceptors (Lipinski definition) is 6. The Morgan fingerprint density at radius 2 is 1.72 bits per heavy atom. The molecule has 0 saturated heterocycles. The number of aromatic nitrogens is 2. The number of nitrogens with zero attached hydrogens (tertiary/aromatic N) is 2. The van der Waals surface area contributed by atoms with E-state index in [9.17, 15) is 13.2 Å². The van der Waals surface area contributed by atoms with Crippen molar-refractivity contribution in [1.82, 2.24) is 10.1 Å². The molecular formula is C20H22N4O4S. The Bertz CT molecular complexity index is 1070. The van der Waals surface area contributed by atoms with E-state index >= 15 is 0 Å². The molecule has 0 spiro atoms. The number of carbonyl (C=O) groups excluding carboxylic acids is 1. The maximum Gasteiger partial charge on any atom is 0.227 e. The Hall–Kier alpha value is -3.04. The Balaban J connectivity index is 1.52. The molecule has 1 aromatic heterocycles. The summed E-state index contributed by atoms with van der Waals surface area (Å²) in [7, 11) is -3.58. The summed E-state index contributed by atoms with van der Waals surface area (Å²) in [6, 6.07) is 14.4. The highest BCUT2D eigenvalue weighted by Crippen LogP contribution is 2.18. The van der Waals surface area contributed by atoms with E-state index in [1.54, 1.807) is 24.3 Å². The lowest BCUT2D eigenvalue weighted by Gasteiger charge is -2.05. The molecule has 29 heavy (non-hydrogen) atoms. The molecule has 3 aromatic rings. The van der Waals surface area contributed by atoms with Crippen LogP contribution in [-0.2, 0) is 33.4 Å². The minimum absolute atomic E-state index is 0.176. The van der Waals surface area contributed by atoms with Crippen LogP contribution in [0.2, 0.25) is 0 Å².